The SMILES string of the molecule is N[C@H]1CCC[C@@H]1OCc1ccccc1.O=C(CN(CCc1ccccc1)[C@H]1CCC[C@@H]1OCc1ccccc1)OCc1ccccc1.O=C=O. The van der Waals surface area contributed by atoms with Gasteiger partial charge in [0.2, 0.25) is 0 Å². The molecule has 4 aromatic carbocycles. The molecule has 8 heteroatoms. The molecule has 0 aromatic heterocycles. The van der Waals surface area contributed by atoms with Gasteiger partial charge in [-0.15, -0.1) is 0 Å². The summed E-state index contributed by atoms with van der Waals surface area (Å²) < 4.78 is 17.7. The van der Waals surface area contributed by atoms with E-state index >= 15 is 0 Å². The summed E-state index contributed by atoms with van der Waals surface area (Å²) in [6.45, 7) is 2.70. The van der Waals surface area contributed by atoms with E-state index in [0.29, 0.717) is 19.8 Å². The molecule has 8 nitrogen and oxygen atoms in total. The molecule has 50 heavy (non-hydrogen) atoms. The molecule has 0 amide bonds. The molecule has 0 bridgehead atoms. The van der Waals surface area contributed by atoms with Crippen LogP contribution in [0, 0.1) is 0 Å². The summed E-state index contributed by atoms with van der Waals surface area (Å²) >= 11 is 0. The molecule has 0 heterocycles. The van der Waals surface area contributed by atoms with E-state index in [9.17, 15) is 4.79 Å². The molecule has 4 aromatic rings. The van der Waals surface area contributed by atoms with Crippen LogP contribution in [0.2, 0.25) is 0 Å². The lowest BCUT2D eigenvalue weighted by atomic mass is 10.1. The van der Waals surface area contributed by atoms with Gasteiger partial charge >= 0.3 is 12.1 Å². The summed E-state index contributed by atoms with van der Waals surface area (Å²) in [6, 6.07) is 41.3. The first-order valence-corrected chi connectivity index (χ1v) is 17.6. The Kier molecular flexibility index (Phi) is 17.1. The summed E-state index contributed by atoms with van der Waals surface area (Å²) in [5.74, 6) is -0.180. The van der Waals surface area contributed by atoms with Gasteiger partial charge < -0.3 is 19.9 Å². The monoisotopic (exact) mass is 678 g/mol. The van der Waals surface area contributed by atoms with Gasteiger partial charge in [0, 0.05) is 18.6 Å². The molecular weight excluding hydrogens is 628 g/mol. The maximum atomic E-state index is 12.8. The third kappa shape index (κ3) is 13.8. The highest BCUT2D eigenvalue weighted by Gasteiger charge is 2.34. The molecule has 0 saturated heterocycles. The number of nitrogens with two attached hydrogens (primary N) is 1. The second-order valence-electron chi connectivity index (χ2n) is 12.7. The normalized spacial score (nSPS) is 19.4. The second-order valence-corrected chi connectivity index (χ2v) is 12.7. The van der Waals surface area contributed by atoms with E-state index in [0.717, 1.165) is 50.6 Å². The number of benzene rings is 4. The van der Waals surface area contributed by atoms with Crippen molar-refractivity contribution in [1.82, 2.24) is 4.90 Å². The van der Waals surface area contributed by atoms with Crippen LogP contribution < -0.4 is 5.73 Å². The van der Waals surface area contributed by atoms with Crippen molar-refractivity contribution in [3.63, 3.8) is 0 Å². The molecule has 2 saturated carbocycles. The lowest BCUT2D eigenvalue weighted by molar-refractivity contribution is -0.191. The fraction of sp³-hybridized carbons (Fsp3) is 0.381. The van der Waals surface area contributed by atoms with Crippen LogP contribution in [0.1, 0.15) is 60.8 Å². The Labute approximate surface area is 296 Å². The lowest BCUT2D eigenvalue weighted by Crippen LogP contribution is -2.45. The predicted octanol–water partition coefficient (Wildman–Crippen LogP) is 6.91. The molecule has 2 aliphatic carbocycles. The minimum Gasteiger partial charge on any atom is -0.460 e. The van der Waals surface area contributed by atoms with E-state index in [-0.39, 0.29) is 43.0 Å². The largest absolute Gasteiger partial charge is 0.460 e. The van der Waals surface area contributed by atoms with Crippen molar-refractivity contribution in [3.8, 4) is 0 Å². The number of carbonyl (C=O) groups is 1. The Morgan fingerprint density at radius 1 is 0.620 bits per heavy atom. The third-order valence-electron chi connectivity index (χ3n) is 9.11. The van der Waals surface area contributed by atoms with Gasteiger partial charge in [-0.3, -0.25) is 9.69 Å². The number of hydrogen-bond acceptors (Lipinski definition) is 8. The summed E-state index contributed by atoms with van der Waals surface area (Å²) in [7, 11) is 0. The van der Waals surface area contributed by atoms with Gasteiger partial charge in [-0.1, -0.05) is 121 Å². The number of esters is 1. The lowest BCUT2D eigenvalue weighted by Gasteiger charge is -2.32. The zero-order chi connectivity index (χ0) is 35.2. The van der Waals surface area contributed by atoms with Crippen molar-refractivity contribution < 1.29 is 28.6 Å². The molecule has 2 aliphatic rings. The minimum atomic E-state index is -0.180. The van der Waals surface area contributed by atoms with Crippen molar-refractivity contribution in [3.05, 3.63) is 144 Å². The maximum absolute atomic E-state index is 12.8. The van der Waals surface area contributed by atoms with Crippen LogP contribution in [0.25, 0.3) is 0 Å². The second kappa shape index (κ2) is 22.3. The van der Waals surface area contributed by atoms with Crippen LogP contribution in [-0.4, -0.2) is 54.4 Å². The molecule has 6 rings (SSSR count). The number of carbonyl (C=O) groups excluding carboxylic acids is 3. The van der Waals surface area contributed by atoms with E-state index in [1.807, 2.05) is 72.8 Å². The molecule has 2 N–H and O–H groups in total. The molecule has 0 unspecified atom stereocenters. The Morgan fingerprint density at radius 2 is 1.06 bits per heavy atom. The van der Waals surface area contributed by atoms with Crippen molar-refractivity contribution in [1.29, 1.82) is 0 Å². The minimum absolute atomic E-state index is 0.128. The highest BCUT2D eigenvalue weighted by atomic mass is 16.5. The van der Waals surface area contributed by atoms with E-state index in [2.05, 4.69) is 53.4 Å². The number of rotatable bonds is 14. The van der Waals surface area contributed by atoms with Gasteiger partial charge in [-0.25, -0.2) is 0 Å². The number of nitrogens with zero attached hydrogens (tertiary/aromatic N) is 1. The Hall–Kier alpha value is -4.43. The number of ether oxygens (including phenoxy) is 3. The van der Waals surface area contributed by atoms with Gasteiger partial charge in [-0.05, 0) is 67.2 Å². The molecule has 264 valence electrons. The Morgan fingerprint density at radius 3 is 1.56 bits per heavy atom. The molecular formula is C42H50N2O6. The van der Waals surface area contributed by atoms with Crippen LogP contribution in [0.4, 0.5) is 0 Å². The maximum Gasteiger partial charge on any atom is 0.373 e. The van der Waals surface area contributed by atoms with Crippen molar-refractivity contribution >= 4 is 12.1 Å². The summed E-state index contributed by atoms with van der Waals surface area (Å²) in [4.78, 5) is 31.3. The first kappa shape index (κ1) is 38.4. The van der Waals surface area contributed by atoms with Crippen molar-refractivity contribution in [2.24, 2.45) is 5.73 Å². The fourth-order valence-corrected chi connectivity index (χ4v) is 6.46. The van der Waals surface area contributed by atoms with Crippen molar-refractivity contribution in [2.75, 3.05) is 13.1 Å². The average Bonchev–Trinajstić information content (AvgIpc) is 3.81. The molecule has 0 spiro atoms. The smallest absolute Gasteiger partial charge is 0.373 e. The van der Waals surface area contributed by atoms with Gasteiger partial charge in [-0.2, -0.15) is 9.59 Å². The molecule has 4 atom stereocenters. The zero-order valence-corrected chi connectivity index (χ0v) is 28.8. The Bertz CT molecular complexity index is 1520. The van der Waals surface area contributed by atoms with E-state index < -0.39 is 0 Å². The third-order valence-corrected chi connectivity index (χ3v) is 9.11. The standard InChI is InChI=1S/C29H33NO3.C12H17NO.CO2/c31-29(33-23-26-15-8-3-9-16-26)21-30(20-19-24-11-4-1-5-12-24)27-17-10-18-28(27)32-22-25-13-6-2-7-14-25;13-11-7-4-8-12(11)14-9-10-5-2-1-3-6-10;2-1-3/h1-9,11-16,27-28H,10,17-23H2;1-3,5-6,11-12H,4,7-9,13H2;/t27-,28-;11-,12-;/m00./s1. The van der Waals surface area contributed by atoms with Crippen LogP contribution in [-0.2, 0) is 54.8 Å². The number of hydrogen-bond donors (Lipinski definition) is 1. The van der Waals surface area contributed by atoms with Crippen LogP contribution >= 0.6 is 0 Å². The average molecular weight is 679 g/mol. The van der Waals surface area contributed by atoms with E-state index in [1.165, 1.54) is 23.1 Å². The van der Waals surface area contributed by atoms with Gasteiger partial charge in [0.15, 0.2) is 0 Å². The fourth-order valence-electron chi connectivity index (χ4n) is 6.46. The molecule has 0 radical (unpaired) electrons. The van der Waals surface area contributed by atoms with Crippen LogP contribution in [0.3, 0.4) is 0 Å². The first-order valence-electron chi connectivity index (χ1n) is 17.6. The predicted molar refractivity (Wildman–Crippen MR) is 192 cm³/mol. The quantitative estimate of drug-likeness (QED) is 0.143. The molecule has 2 fully saturated rings. The van der Waals surface area contributed by atoms with E-state index in [4.69, 9.17) is 29.5 Å². The summed E-state index contributed by atoms with van der Waals surface area (Å²) in [6.07, 6.45) is 8.17. The van der Waals surface area contributed by atoms with E-state index in [1.54, 1.807) is 0 Å². The van der Waals surface area contributed by atoms with Gasteiger partial charge in [0.05, 0.1) is 32.0 Å². The highest BCUT2D eigenvalue weighted by molar-refractivity contribution is 5.71. The first-order chi connectivity index (χ1) is 24.6. The van der Waals surface area contributed by atoms with Crippen LogP contribution in [0.5, 0.6) is 0 Å². The van der Waals surface area contributed by atoms with Crippen molar-refractivity contribution in [2.45, 2.75) is 89.1 Å². The summed E-state index contributed by atoms with van der Waals surface area (Å²) in [5.41, 5.74) is 10.6. The molecule has 0 aliphatic heterocycles. The Balaban J connectivity index is 0.000000273. The van der Waals surface area contributed by atoms with Crippen LogP contribution in [0.15, 0.2) is 121 Å². The zero-order valence-electron chi connectivity index (χ0n) is 28.8. The highest BCUT2D eigenvalue weighted by Crippen LogP contribution is 2.28. The summed E-state index contributed by atoms with van der Waals surface area (Å²) in [5, 5.41) is 0. The topological polar surface area (TPSA) is 108 Å². The van der Waals surface area contributed by atoms with Gasteiger partial charge in [0.25, 0.3) is 0 Å². The van der Waals surface area contributed by atoms with Gasteiger partial charge in [0.1, 0.15) is 6.61 Å².